The van der Waals surface area contributed by atoms with Crippen LogP contribution >= 0.6 is 0 Å². The molecule has 2 aromatic heterocycles. The van der Waals surface area contributed by atoms with Crippen LogP contribution in [0.1, 0.15) is 37.6 Å². The molecule has 0 aliphatic carbocycles. The Kier molecular flexibility index (Phi) is 6.07. The molecule has 0 fully saturated rings. The maximum atomic E-state index is 13.7. The molecule has 0 aliphatic rings. The molecule has 2 heterocycles. The molecule has 1 amide bonds. The van der Waals surface area contributed by atoms with Crippen molar-refractivity contribution in [2.45, 2.75) is 39.3 Å². The van der Waals surface area contributed by atoms with Crippen molar-refractivity contribution in [1.29, 1.82) is 0 Å². The maximum absolute atomic E-state index is 13.7. The summed E-state index contributed by atoms with van der Waals surface area (Å²) in [5.74, 6) is 0.303. The Bertz CT molecular complexity index is 1370. The summed E-state index contributed by atoms with van der Waals surface area (Å²) in [6, 6.07) is 17.0. The van der Waals surface area contributed by atoms with Gasteiger partial charge in [-0.05, 0) is 48.7 Å². The Morgan fingerprint density at radius 2 is 1.75 bits per heavy atom. The third-order valence-corrected chi connectivity index (χ3v) is 5.63. The smallest absolute Gasteiger partial charge is 0.336 e. The first-order valence-corrected chi connectivity index (χ1v) is 10.7. The van der Waals surface area contributed by atoms with Crippen molar-refractivity contribution < 1.29 is 9.21 Å². The predicted molar refractivity (Wildman–Crippen MR) is 123 cm³/mol. The number of amides is 1. The number of hydrogen-bond acceptors (Lipinski definition) is 4. The van der Waals surface area contributed by atoms with E-state index in [0.717, 1.165) is 5.56 Å². The number of carbonyl (C=O) groups is 1. The Hall–Kier alpha value is -3.87. The quantitative estimate of drug-likeness (QED) is 0.485. The number of aryl methyl sites for hydroxylation is 1. The largest absolute Gasteiger partial charge is 0.467 e. The number of carbonyl (C=O) groups excluding carboxylic acids is 1. The summed E-state index contributed by atoms with van der Waals surface area (Å²) in [5, 5.41) is 3.23. The van der Waals surface area contributed by atoms with Gasteiger partial charge in [-0.1, -0.05) is 44.2 Å². The molecule has 0 spiro atoms. The summed E-state index contributed by atoms with van der Waals surface area (Å²) in [5.41, 5.74) is 0.926. The Balaban J connectivity index is 1.91. The summed E-state index contributed by atoms with van der Waals surface area (Å²) in [4.78, 5) is 40.2. The average molecular weight is 431 g/mol. The van der Waals surface area contributed by atoms with Gasteiger partial charge in [0, 0.05) is 0 Å². The van der Waals surface area contributed by atoms with Gasteiger partial charge in [-0.2, -0.15) is 0 Å². The molecule has 0 saturated heterocycles. The van der Waals surface area contributed by atoms with Crippen LogP contribution in [-0.2, 0) is 17.8 Å². The van der Waals surface area contributed by atoms with E-state index in [1.807, 2.05) is 26.0 Å². The van der Waals surface area contributed by atoms with Gasteiger partial charge >= 0.3 is 5.69 Å². The third kappa shape index (κ3) is 3.77. The first-order chi connectivity index (χ1) is 15.6. The fourth-order valence-corrected chi connectivity index (χ4v) is 4.01. The normalized spacial score (nSPS) is 12.1. The summed E-state index contributed by atoms with van der Waals surface area (Å²) >= 11 is 0. The monoisotopic (exact) mass is 431 g/mol. The van der Waals surface area contributed by atoms with Crippen molar-refractivity contribution in [3.8, 4) is 5.69 Å². The zero-order valence-corrected chi connectivity index (χ0v) is 18.1. The number of furan rings is 1. The maximum Gasteiger partial charge on any atom is 0.336 e. The third-order valence-electron chi connectivity index (χ3n) is 5.63. The zero-order valence-electron chi connectivity index (χ0n) is 18.1. The second kappa shape index (κ2) is 9.09. The highest BCUT2D eigenvalue weighted by molar-refractivity contribution is 5.84. The van der Waals surface area contributed by atoms with Crippen molar-refractivity contribution in [2.75, 3.05) is 0 Å². The van der Waals surface area contributed by atoms with Crippen LogP contribution in [0.2, 0.25) is 0 Å². The highest BCUT2D eigenvalue weighted by Crippen LogP contribution is 2.19. The molecular formula is C25H25N3O4. The Labute approximate surface area is 184 Å². The zero-order chi connectivity index (χ0) is 22.7. The van der Waals surface area contributed by atoms with Gasteiger partial charge < -0.3 is 9.73 Å². The first kappa shape index (κ1) is 21.4. The van der Waals surface area contributed by atoms with Gasteiger partial charge in [-0.25, -0.2) is 9.36 Å². The molecule has 4 rings (SSSR count). The van der Waals surface area contributed by atoms with Crippen molar-refractivity contribution in [1.82, 2.24) is 14.5 Å². The molecule has 164 valence electrons. The highest BCUT2D eigenvalue weighted by Gasteiger charge is 2.25. The van der Waals surface area contributed by atoms with Crippen LogP contribution in [0.25, 0.3) is 16.6 Å². The van der Waals surface area contributed by atoms with E-state index < -0.39 is 17.3 Å². The van der Waals surface area contributed by atoms with Crippen LogP contribution < -0.4 is 16.6 Å². The second-order valence-electron chi connectivity index (χ2n) is 7.51. The molecule has 4 aromatic rings. The van der Waals surface area contributed by atoms with E-state index in [9.17, 15) is 14.4 Å². The molecule has 0 aliphatic heterocycles. The molecule has 0 bridgehead atoms. The Morgan fingerprint density at radius 3 is 2.47 bits per heavy atom. The van der Waals surface area contributed by atoms with Crippen molar-refractivity contribution in [3.05, 3.63) is 99.1 Å². The molecule has 0 radical (unpaired) electrons. The highest BCUT2D eigenvalue weighted by atomic mass is 16.3. The fourth-order valence-electron chi connectivity index (χ4n) is 4.01. The van der Waals surface area contributed by atoms with Crippen LogP contribution in [0, 0.1) is 0 Å². The van der Waals surface area contributed by atoms with E-state index >= 15 is 0 Å². The van der Waals surface area contributed by atoms with Crippen LogP contribution in [0.5, 0.6) is 0 Å². The minimum absolute atomic E-state index is 0.216. The van der Waals surface area contributed by atoms with Crippen molar-refractivity contribution >= 4 is 16.8 Å². The number of nitrogens with one attached hydrogen (secondary N) is 1. The van der Waals surface area contributed by atoms with Gasteiger partial charge in [-0.15, -0.1) is 0 Å². The predicted octanol–water partition coefficient (Wildman–Crippen LogP) is 3.58. The lowest BCUT2D eigenvalue weighted by Gasteiger charge is -2.22. The van der Waals surface area contributed by atoms with Gasteiger partial charge in [0.2, 0.25) is 5.91 Å². The summed E-state index contributed by atoms with van der Waals surface area (Å²) < 4.78 is 7.90. The summed E-state index contributed by atoms with van der Waals surface area (Å²) in [6.07, 6.45) is 2.58. The standard InChI is InChI=1S/C25H25N3O4/c1-3-17-10-5-7-13-21(17)28-24(30)19-12-6-8-14-22(19)27(25(28)31)20(4-2)23(29)26-16-18-11-9-15-32-18/h5-15,20H,3-4,16H2,1-2H3,(H,26,29). The van der Waals surface area contributed by atoms with Crippen LogP contribution in [0.15, 0.2) is 80.9 Å². The molecule has 32 heavy (non-hydrogen) atoms. The van der Waals surface area contributed by atoms with E-state index in [0.29, 0.717) is 35.2 Å². The van der Waals surface area contributed by atoms with Gasteiger partial charge in [-0.3, -0.25) is 14.2 Å². The van der Waals surface area contributed by atoms with E-state index in [1.54, 1.807) is 48.5 Å². The molecule has 7 heteroatoms. The first-order valence-electron chi connectivity index (χ1n) is 10.7. The molecule has 1 atom stereocenters. The van der Waals surface area contributed by atoms with Gasteiger partial charge in [0.05, 0.1) is 29.4 Å². The lowest BCUT2D eigenvalue weighted by Crippen LogP contribution is -2.44. The topological polar surface area (TPSA) is 86.2 Å². The number of benzene rings is 2. The number of aromatic nitrogens is 2. The number of para-hydroxylation sites is 2. The number of fused-ring (bicyclic) bond motifs is 1. The van der Waals surface area contributed by atoms with Crippen molar-refractivity contribution in [2.24, 2.45) is 0 Å². The fraction of sp³-hybridized carbons (Fsp3) is 0.240. The van der Waals surface area contributed by atoms with Crippen LogP contribution in [-0.4, -0.2) is 15.0 Å². The number of nitrogens with zero attached hydrogens (tertiary/aromatic N) is 2. The van der Waals surface area contributed by atoms with Crippen LogP contribution in [0.4, 0.5) is 0 Å². The summed E-state index contributed by atoms with van der Waals surface area (Å²) in [7, 11) is 0. The van der Waals surface area contributed by atoms with E-state index in [2.05, 4.69) is 5.32 Å². The lowest BCUT2D eigenvalue weighted by atomic mass is 10.1. The van der Waals surface area contributed by atoms with Gasteiger partial charge in [0.25, 0.3) is 5.56 Å². The van der Waals surface area contributed by atoms with Gasteiger partial charge in [0.1, 0.15) is 11.8 Å². The van der Waals surface area contributed by atoms with E-state index in [-0.39, 0.29) is 12.5 Å². The van der Waals surface area contributed by atoms with Crippen LogP contribution in [0.3, 0.4) is 0 Å². The van der Waals surface area contributed by atoms with Gasteiger partial charge in [0.15, 0.2) is 0 Å². The van der Waals surface area contributed by atoms with E-state index in [4.69, 9.17) is 4.42 Å². The molecule has 2 aromatic carbocycles. The number of hydrogen-bond donors (Lipinski definition) is 1. The minimum Gasteiger partial charge on any atom is -0.467 e. The molecule has 1 N–H and O–H groups in total. The average Bonchev–Trinajstić information content (AvgIpc) is 3.34. The number of rotatable bonds is 7. The molecule has 1 unspecified atom stereocenters. The van der Waals surface area contributed by atoms with E-state index in [1.165, 1.54) is 15.4 Å². The lowest BCUT2D eigenvalue weighted by molar-refractivity contribution is -0.124. The molecule has 0 saturated carbocycles. The van der Waals surface area contributed by atoms with Crippen molar-refractivity contribution in [3.63, 3.8) is 0 Å². The SMILES string of the molecule is CCc1ccccc1-n1c(=O)c2ccccc2n(C(CC)C(=O)NCc2ccco2)c1=O. The second-order valence-corrected chi connectivity index (χ2v) is 7.51. The minimum atomic E-state index is -0.789. The molecule has 7 nitrogen and oxygen atoms in total. The summed E-state index contributed by atoms with van der Waals surface area (Å²) in [6.45, 7) is 4.03. The Morgan fingerprint density at radius 1 is 1.00 bits per heavy atom. The molecular weight excluding hydrogens is 406 g/mol.